The van der Waals surface area contributed by atoms with Crippen LogP contribution >= 0.6 is 0 Å². The van der Waals surface area contributed by atoms with E-state index in [1.807, 2.05) is 55.5 Å². The quantitative estimate of drug-likeness (QED) is 0.475. The van der Waals surface area contributed by atoms with Gasteiger partial charge in [0.1, 0.15) is 5.65 Å². The molecule has 2 heterocycles. The summed E-state index contributed by atoms with van der Waals surface area (Å²) >= 11 is 0. The van der Waals surface area contributed by atoms with Gasteiger partial charge in [0, 0.05) is 32.0 Å². The fourth-order valence-corrected chi connectivity index (χ4v) is 4.06. The molecule has 0 spiro atoms. The molecule has 0 aliphatic heterocycles. The van der Waals surface area contributed by atoms with Crippen LogP contribution in [0.2, 0.25) is 0 Å². The highest BCUT2D eigenvalue weighted by atomic mass is 16.3. The number of benzene rings is 2. The Balaban J connectivity index is 1.78. The Kier molecular flexibility index (Phi) is 6.55. The first-order valence-corrected chi connectivity index (χ1v) is 10.6. The molecular formula is C26H27N3O2. The van der Waals surface area contributed by atoms with Gasteiger partial charge in [0.2, 0.25) is 0 Å². The summed E-state index contributed by atoms with van der Waals surface area (Å²) in [5.74, 6) is 0. The van der Waals surface area contributed by atoms with Crippen LogP contribution in [0.3, 0.4) is 0 Å². The van der Waals surface area contributed by atoms with Crippen LogP contribution in [0, 0.1) is 6.92 Å². The van der Waals surface area contributed by atoms with Crippen molar-refractivity contribution >= 4 is 5.65 Å². The second-order valence-corrected chi connectivity index (χ2v) is 7.74. The van der Waals surface area contributed by atoms with E-state index in [1.165, 1.54) is 11.1 Å². The molecule has 1 N–H and O–H groups in total. The average molecular weight is 414 g/mol. The molecule has 0 saturated carbocycles. The second kappa shape index (κ2) is 9.69. The fourth-order valence-electron chi connectivity index (χ4n) is 4.06. The molecule has 5 nitrogen and oxygen atoms in total. The average Bonchev–Trinajstić information content (AvgIpc) is 2.80. The van der Waals surface area contributed by atoms with Crippen LogP contribution in [0.25, 0.3) is 5.65 Å². The predicted molar refractivity (Wildman–Crippen MR) is 123 cm³/mol. The first kappa shape index (κ1) is 21.0. The second-order valence-electron chi connectivity index (χ2n) is 7.74. The number of hydrogen-bond donors (Lipinski definition) is 1. The number of pyridine rings is 1. The molecule has 0 amide bonds. The Morgan fingerprint density at radius 3 is 2.23 bits per heavy atom. The number of aryl methyl sites for hydroxylation is 1. The summed E-state index contributed by atoms with van der Waals surface area (Å²) in [4.78, 5) is 19.8. The normalized spacial score (nSPS) is 11.5. The lowest BCUT2D eigenvalue weighted by Gasteiger charge is -2.32. The van der Waals surface area contributed by atoms with Gasteiger partial charge >= 0.3 is 0 Å². The van der Waals surface area contributed by atoms with Gasteiger partial charge in [-0.15, -0.1) is 0 Å². The first-order valence-electron chi connectivity index (χ1n) is 10.6. The molecular weight excluding hydrogens is 386 g/mol. The molecule has 2 aromatic heterocycles. The third-order valence-corrected chi connectivity index (χ3v) is 5.50. The van der Waals surface area contributed by atoms with Crippen LogP contribution in [0.15, 0.2) is 89.9 Å². The highest BCUT2D eigenvalue weighted by Crippen LogP contribution is 2.30. The van der Waals surface area contributed by atoms with Crippen LogP contribution in [0.1, 0.15) is 34.8 Å². The van der Waals surface area contributed by atoms with Gasteiger partial charge in [0.15, 0.2) is 0 Å². The minimum absolute atomic E-state index is 0.00827. The maximum Gasteiger partial charge on any atom is 0.258 e. The lowest BCUT2D eigenvalue weighted by Crippen LogP contribution is -2.32. The van der Waals surface area contributed by atoms with Crippen LogP contribution in [0.5, 0.6) is 0 Å². The molecule has 158 valence electrons. The van der Waals surface area contributed by atoms with E-state index in [9.17, 15) is 9.90 Å². The summed E-state index contributed by atoms with van der Waals surface area (Å²) in [6, 6.07) is 26.1. The van der Waals surface area contributed by atoms with Gasteiger partial charge in [-0.2, -0.15) is 0 Å². The van der Waals surface area contributed by atoms with Crippen molar-refractivity contribution < 1.29 is 5.11 Å². The van der Waals surface area contributed by atoms with Crippen molar-refractivity contribution in [1.82, 2.24) is 14.3 Å². The zero-order valence-corrected chi connectivity index (χ0v) is 17.7. The molecule has 0 atom stereocenters. The van der Waals surface area contributed by atoms with Crippen LogP contribution in [-0.2, 0) is 6.54 Å². The smallest absolute Gasteiger partial charge is 0.258 e. The highest BCUT2D eigenvalue weighted by molar-refractivity contribution is 5.46. The van der Waals surface area contributed by atoms with Gasteiger partial charge in [-0.1, -0.05) is 66.7 Å². The summed E-state index contributed by atoms with van der Waals surface area (Å²) in [6.45, 7) is 3.26. The van der Waals surface area contributed by atoms with E-state index < -0.39 is 0 Å². The van der Waals surface area contributed by atoms with Crippen molar-refractivity contribution in [3.8, 4) is 0 Å². The van der Waals surface area contributed by atoms with Gasteiger partial charge in [0.05, 0.1) is 11.7 Å². The molecule has 0 radical (unpaired) electrons. The maximum atomic E-state index is 12.7. The molecule has 0 saturated heterocycles. The van der Waals surface area contributed by atoms with Crippen molar-refractivity contribution in [2.75, 3.05) is 13.2 Å². The number of aliphatic hydroxyl groups excluding tert-OH is 1. The van der Waals surface area contributed by atoms with E-state index in [-0.39, 0.29) is 18.2 Å². The third kappa shape index (κ3) is 4.74. The van der Waals surface area contributed by atoms with E-state index in [2.05, 4.69) is 29.2 Å². The lowest BCUT2D eigenvalue weighted by atomic mass is 9.96. The summed E-state index contributed by atoms with van der Waals surface area (Å²) < 4.78 is 1.59. The van der Waals surface area contributed by atoms with E-state index in [0.29, 0.717) is 25.2 Å². The number of nitrogens with zero attached hydrogens (tertiary/aromatic N) is 3. The van der Waals surface area contributed by atoms with Gasteiger partial charge < -0.3 is 5.11 Å². The van der Waals surface area contributed by atoms with Gasteiger partial charge in [-0.25, -0.2) is 4.98 Å². The number of hydrogen-bond acceptors (Lipinski definition) is 4. The highest BCUT2D eigenvalue weighted by Gasteiger charge is 2.23. The zero-order valence-electron chi connectivity index (χ0n) is 17.7. The summed E-state index contributed by atoms with van der Waals surface area (Å²) in [5, 5.41) is 9.53. The Hall–Kier alpha value is -3.28. The Labute approximate surface area is 182 Å². The SMILES string of the molecule is Cc1cccn2c(=O)cc(CN(CCCO)C(c3ccccc3)c3ccccc3)nc12. The number of aromatic nitrogens is 2. The molecule has 0 bridgehead atoms. The molecule has 5 heteroatoms. The Bertz CT molecular complexity index is 1150. The zero-order chi connectivity index (χ0) is 21.6. The maximum absolute atomic E-state index is 12.7. The Morgan fingerprint density at radius 1 is 0.968 bits per heavy atom. The molecule has 4 rings (SSSR count). The van der Waals surface area contributed by atoms with Crippen molar-refractivity contribution in [2.45, 2.75) is 25.9 Å². The minimum Gasteiger partial charge on any atom is -0.396 e. The van der Waals surface area contributed by atoms with E-state index >= 15 is 0 Å². The molecule has 4 aromatic rings. The molecule has 2 aromatic carbocycles. The number of rotatable bonds is 8. The predicted octanol–water partition coefficient (Wildman–Crippen LogP) is 3.98. The van der Waals surface area contributed by atoms with Crippen molar-refractivity contribution in [3.05, 3.63) is 118 Å². The first-order chi connectivity index (χ1) is 15.2. The minimum atomic E-state index is -0.0817. The molecule has 31 heavy (non-hydrogen) atoms. The largest absolute Gasteiger partial charge is 0.396 e. The van der Waals surface area contributed by atoms with Crippen LogP contribution < -0.4 is 5.56 Å². The number of fused-ring (bicyclic) bond motifs is 1. The van der Waals surface area contributed by atoms with Gasteiger partial charge in [0.25, 0.3) is 5.56 Å². The fraction of sp³-hybridized carbons (Fsp3) is 0.231. The number of aliphatic hydroxyl groups is 1. The van der Waals surface area contributed by atoms with Gasteiger partial charge in [-0.05, 0) is 36.1 Å². The molecule has 0 aliphatic carbocycles. The van der Waals surface area contributed by atoms with Crippen molar-refractivity contribution in [2.24, 2.45) is 0 Å². The third-order valence-electron chi connectivity index (χ3n) is 5.50. The monoisotopic (exact) mass is 413 g/mol. The molecule has 0 unspecified atom stereocenters. The molecule has 0 fully saturated rings. The molecule has 0 aliphatic rings. The standard InChI is InChI=1S/C26H27N3O2/c1-20-10-8-16-29-24(31)18-23(27-26(20)29)19-28(15-9-17-30)25(21-11-4-2-5-12-21)22-13-6-3-7-14-22/h2-8,10-14,16,18,25,30H,9,15,17,19H2,1H3. The summed E-state index contributed by atoms with van der Waals surface area (Å²) in [5.41, 5.74) is 4.63. The van der Waals surface area contributed by atoms with E-state index in [1.54, 1.807) is 16.7 Å². The summed E-state index contributed by atoms with van der Waals surface area (Å²) in [6.07, 6.45) is 2.39. The topological polar surface area (TPSA) is 57.8 Å². The summed E-state index contributed by atoms with van der Waals surface area (Å²) in [7, 11) is 0. The van der Waals surface area contributed by atoms with Crippen LogP contribution in [0.4, 0.5) is 0 Å². The lowest BCUT2D eigenvalue weighted by molar-refractivity contribution is 0.185. The van der Waals surface area contributed by atoms with E-state index in [0.717, 1.165) is 11.3 Å². The van der Waals surface area contributed by atoms with Crippen molar-refractivity contribution in [1.29, 1.82) is 0 Å². The van der Waals surface area contributed by atoms with Crippen molar-refractivity contribution in [3.63, 3.8) is 0 Å². The van der Waals surface area contributed by atoms with E-state index in [4.69, 9.17) is 4.98 Å². The Morgan fingerprint density at radius 2 is 1.61 bits per heavy atom. The van der Waals surface area contributed by atoms with Crippen LogP contribution in [-0.4, -0.2) is 32.5 Å². The van der Waals surface area contributed by atoms with Gasteiger partial charge in [-0.3, -0.25) is 14.1 Å².